The molecule has 0 spiro atoms. The van der Waals surface area contributed by atoms with Gasteiger partial charge in [0.15, 0.2) is 0 Å². The molecule has 8 atom stereocenters. The van der Waals surface area contributed by atoms with Crippen molar-refractivity contribution in [3.63, 3.8) is 0 Å². The molecule has 1 N–H and O–H groups in total. The second-order valence-electron chi connectivity index (χ2n) is 11.5. The minimum absolute atomic E-state index is 0.101. The predicted octanol–water partition coefficient (Wildman–Crippen LogP) is 6.32. The van der Waals surface area contributed by atoms with E-state index in [9.17, 15) is 9.90 Å². The Labute approximate surface area is 172 Å². The van der Waals surface area contributed by atoms with Gasteiger partial charge < -0.3 is 9.90 Å². The average molecular weight is 387 g/mol. The average Bonchev–Trinajstić information content (AvgIpc) is 2.99. The Morgan fingerprint density at radius 1 is 1.18 bits per heavy atom. The van der Waals surface area contributed by atoms with E-state index < -0.39 is 0 Å². The molecule has 0 radical (unpaired) electrons. The third-order valence-electron chi connectivity index (χ3n) is 10.0. The summed E-state index contributed by atoms with van der Waals surface area (Å²) in [6, 6.07) is 0. The first-order valence-corrected chi connectivity index (χ1v) is 12.1. The normalized spacial score (nSPS) is 46.2. The van der Waals surface area contributed by atoms with Gasteiger partial charge in [-0.15, -0.1) is 0 Å². The summed E-state index contributed by atoms with van der Waals surface area (Å²) in [5.41, 5.74) is 2.45. The van der Waals surface area contributed by atoms with Crippen LogP contribution in [0.4, 0.5) is 0 Å². The molecular formula is C26H42O2. The van der Waals surface area contributed by atoms with E-state index in [1.807, 2.05) is 0 Å². The summed E-state index contributed by atoms with van der Waals surface area (Å²) in [6.07, 6.45) is 15.5. The van der Waals surface area contributed by atoms with E-state index >= 15 is 0 Å². The number of aliphatic hydroxyl groups is 1. The van der Waals surface area contributed by atoms with Crippen LogP contribution in [0.5, 0.6) is 0 Å². The number of carbonyl (C=O) groups is 1. The fourth-order valence-electron chi connectivity index (χ4n) is 8.49. The highest BCUT2D eigenvalue weighted by Gasteiger charge is 2.59. The van der Waals surface area contributed by atoms with Crippen molar-refractivity contribution in [3.8, 4) is 0 Å². The second-order valence-corrected chi connectivity index (χ2v) is 11.5. The Hall–Kier alpha value is -0.630. The molecule has 0 aromatic carbocycles. The van der Waals surface area contributed by atoms with Gasteiger partial charge in [0, 0.05) is 6.42 Å². The van der Waals surface area contributed by atoms with Crippen molar-refractivity contribution in [3.05, 3.63) is 11.6 Å². The highest BCUT2D eigenvalue weighted by atomic mass is 16.3. The van der Waals surface area contributed by atoms with Crippen LogP contribution in [0.3, 0.4) is 0 Å². The molecule has 28 heavy (non-hydrogen) atoms. The van der Waals surface area contributed by atoms with Crippen LogP contribution in [0.1, 0.15) is 98.3 Å². The Morgan fingerprint density at radius 2 is 1.96 bits per heavy atom. The maximum Gasteiger partial charge on any atom is 0.129 e. The standard InChI is InChI=1S/C26H42O2/c1-17(6-5-7-18(2)27)22-10-11-23-21-9-8-19-16-20(28)12-14-25(19,3)24(21)13-15-26(22,23)4/h8,17,20-24,28H,5-7,9-16H2,1-4H3/t17?,20?,21?,22?,23?,24?,25-,26+/m0/s1. The van der Waals surface area contributed by atoms with E-state index in [1.165, 1.54) is 44.9 Å². The maximum atomic E-state index is 11.3. The van der Waals surface area contributed by atoms with Crippen molar-refractivity contribution < 1.29 is 9.90 Å². The minimum Gasteiger partial charge on any atom is -0.393 e. The first kappa shape index (κ1) is 20.6. The topological polar surface area (TPSA) is 37.3 Å². The van der Waals surface area contributed by atoms with E-state index in [2.05, 4.69) is 26.8 Å². The van der Waals surface area contributed by atoms with Gasteiger partial charge in [0.2, 0.25) is 0 Å². The summed E-state index contributed by atoms with van der Waals surface area (Å²) < 4.78 is 0. The summed E-state index contributed by atoms with van der Waals surface area (Å²) in [6.45, 7) is 9.35. The van der Waals surface area contributed by atoms with Gasteiger partial charge in [0.1, 0.15) is 5.78 Å². The Kier molecular flexibility index (Phi) is 5.57. The molecule has 6 unspecified atom stereocenters. The number of fused-ring (bicyclic) bond motifs is 5. The lowest BCUT2D eigenvalue weighted by atomic mass is 9.47. The van der Waals surface area contributed by atoms with Crippen LogP contribution in [0.15, 0.2) is 11.6 Å². The molecule has 0 bridgehead atoms. The molecule has 3 saturated carbocycles. The second kappa shape index (κ2) is 7.56. The van der Waals surface area contributed by atoms with Crippen LogP contribution in [0.2, 0.25) is 0 Å². The lowest BCUT2D eigenvalue weighted by Crippen LogP contribution is -2.50. The molecule has 0 saturated heterocycles. The molecule has 158 valence electrons. The summed E-state index contributed by atoms with van der Waals surface area (Å²) in [5.74, 6) is 4.52. The van der Waals surface area contributed by atoms with Gasteiger partial charge in [-0.3, -0.25) is 0 Å². The van der Waals surface area contributed by atoms with Crippen LogP contribution in [0, 0.1) is 40.4 Å². The Balaban J connectivity index is 1.50. The number of allylic oxidation sites excluding steroid dienone is 1. The molecule has 0 aromatic rings. The van der Waals surface area contributed by atoms with Gasteiger partial charge >= 0.3 is 0 Å². The van der Waals surface area contributed by atoms with Gasteiger partial charge in [0.05, 0.1) is 6.10 Å². The lowest BCUT2D eigenvalue weighted by Gasteiger charge is -2.58. The molecule has 3 fully saturated rings. The van der Waals surface area contributed by atoms with Crippen LogP contribution >= 0.6 is 0 Å². The molecule has 0 aliphatic heterocycles. The third-order valence-corrected chi connectivity index (χ3v) is 10.0. The SMILES string of the molecule is CC(=O)CCCC(C)C1CCC2C3CC=C4CC(O)CC[C@]4(C)C3CC[C@]12C. The summed E-state index contributed by atoms with van der Waals surface area (Å²) in [7, 11) is 0. The number of Topliss-reactive ketones (excluding diaryl/α,β-unsaturated/α-hetero) is 1. The largest absolute Gasteiger partial charge is 0.393 e. The number of aliphatic hydroxyl groups excluding tert-OH is 1. The summed E-state index contributed by atoms with van der Waals surface area (Å²) in [5, 5.41) is 10.2. The van der Waals surface area contributed by atoms with Crippen LogP contribution in [-0.4, -0.2) is 17.0 Å². The van der Waals surface area contributed by atoms with Crippen LogP contribution in [-0.2, 0) is 4.79 Å². The third kappa shape index (κ3) is 3.32. The van der Waals surface area contributed by atoms with Crippen LogP contribution in [0.25, 0.3) is 0 Å². The van der Waals surface area contributed by atoms with Crippen molar-refractivity contribution in [1.82, 2.24) is 0 Å². The summed E-state index contributed by atoms with van der Waals surface area (Å²) >= 11 is 0. The zero-order chi connectivity index (χ0) is 20.1. The Bertz CT molecular complexity index is 636. The number of rotatable bonds is 5. The van der Waals surface area contributed by atoms with Crippen molar-refractivity contribution >= 4 is 5.78 Å². The number of hydrogen-bond donors (Lipinski definition) is 1. The predicted molar refractivity (Wildman–Crippen MR) is 115 cm³/mol. The molecule has 2 nitrogen and oxygen atoms in total. The van der Waals surface area contributed by atoms with Crippen molar-refractivity contribution in [2.75, 3.05) is 0 Å². The number of carbonyl (C=O) groups excluding carboxylic acids is 1. The fourth-order valence-corrected chi connectivity index (χ4v) is 8.49. The first-order valence-electron chi connectivity index (χ1n) is 12.1. The fraction of sp³-hybridized carbons (Fsp3) is 0.885. The molecule has 4 rings (SSSR count). The zero-order valence-corrected chi connectivity index (χ0v) is 18.7. The summed E-state index contributed by atoms with van der Waals surface area (Å²) in [4.78, 5) is 11.3. The van der Waals surface area contributed by atoms with E-state index in [1.54, 1.807) is 12.5 Å². The van der Waals surface area contributed by atoms with Gasteiger partial charge in [0.25, 0.3) is 0 Å². The van der Waals surface area contributed by atoms with Crippen molar-refractivity contribution in [2.24, 2.45) is 40.4 Å². The molecular weight excluding hydrogens is 344 g/mol. The van der Waals surface area contributed by atoms with E-state index in [-0.39, 0.29) is 6.10 Å². The number of hydrogen-bond acceptors (Lipinski definition) is 2. The monoisotopic (exact) mass is 386 g/mol. The van der Waals surface area contributed by atoms with Gasteiger partial charge in [-0.1, -0.05) is 38.8 Å². The van der Waals surface area contributed by atoms with Gasteiger partial charge in [-0.25, -0.2) is 0 Å². The molecule has 0 heterocycles. The van der Waals surface area contributed by atoms with Gasteiger partial charge in [-0.05, 0) is 105 Å². The smallest absolute Gasteiger partial charge is 0.129 e. The molecule has 4 aliphatic carbocycles. The first-order chi connectivity index (χ1) is 13.3. The zero-order valence-electron chi connectivity index (χ0n) is 18.7. The van der Waals surface area contributed by atoms with E-state index in [0.717, 1.165) is 55.3 Å². The molecule has 4 aliphatic rings. The van der Waals surface area contributed by atoms with Crippen molar-refractivity contribution in [1.29, 1.82) is 0 Å². The van der Waals surface area contributed by atoms with Crippen LogP contribution < -0.4 is 0 Å². The highest BCUT2D eigenvalue weighted by Crippen LogP contribution is 2.67. The maximum absolute atomic E-state index is 11.3. The Morgan fingerprint density at radius 3 is 2.71 bits per heavy atom. The minimum atomic E-state index is -0.101. The molecule has 2 heteroatoms. The lowest BCUT2D eigenvalue weighted by molar-refractivity contribution is -0.117. The molecule has 0 aromatic heterocycles. The van der Waals surface area contributed by atoms with Crippen molar-refractivity contribution in [2.45, 2.75) is 104 Å². The van der Waals surface area contributed by atoms with E-state index in [0.29, 0.717) is 16.6 Å². The highest BCUT2D eigenvalue weighted by molar-refractivity contribution is 5.75. The van der Waals surface area contributed by atoms with E-state index in [4.69, 9.17) is 0 Å². The quantitative estimate of drug-likeness (QED) is 0.561. The molecule has 0 amide bonds. The van der Waals surface area contributed by atoms with Gasteiger partial charge in [-0.2, -0.15) is 0 Å². The number of ketones is 1.